The number of ether oxygens (including phenoxy) is 1. The van der Waals surface area contributed by atoms with Crippen LogP contribution in [0, 0.1) is 5.92 Å². The molecule has 1 aliphatic rings. The Balaban J connectivity index is 1.60. The van der Waals surface area contributed by atoms with E-state index in [1.54, 1.807) is 18.6 Å². The Bertz CT molecular complexity index is 343. The Labute approximate surface area is 108 Å². The summed E-state index contributed by atoms with van der Waals surface area (Å²) >= 11 is 0. The average molecular weight is 251 g/mol. The first-order chi connectivity index (χ1) is 8.75. The van der Waals surface area contributed by atoms with Crippen LogP contribution in [0.15, 0.2) is 18.6 Å². The van der Waals surface area contributed by atoms with Gasteiger partial charge in [-0.25, -0.2) is 0 Å². The maximum absolute atomic E-state index is 9.75. The molecule has 18 heavy (non-hydrogen) atoms. The minimum absolute atomic E-state index is 0.0804. The molecule has 0 saturated heterocycles. The largest absolute Gasteiger partial charge is 0.389 e. The summed E-state index contributed by atoms with van der Waals surface area (Å²) in [6.07, 6.45) is 7.13. The summed E-state index contributed by atoms with van der Waals surface area (Å²) in [6, 6.07) is 0.0804. The number of nitrogens with one attached hydrogen (secondary N) is 1. The van der Waals surface area contributed by atoms with Crippen molar-refractivity contribution in [2.24, 2.45) is 5.92 Å². The van der Waals surface area contributed by atoms with Gasteiger partial charge in [-0.1, -0.05) is 0 Å². The van der Waals surface area contributed by atoms with Gasteiger partial charge in [0.25, 0.3) is 0 Å². The molecule has 1 heterocycles. The molecule has 2 atom stereocenters. The second-order valence-electron chi connectivity index (χ2n) is 4.89. The van der Waals surface area contributed by atoms with E-state index in [1.807, 2.05) is 6.92 Å². The third-order valence-corrected chi connectivity index (χ3v) is 3.05. The topological polar surface area (TPSA) is 67.3 Å². The Morgan fingerprint density at radius 1 is 1.50 bits per heavy atom. The van der Waals surface area contributed by atoms with E-state index in [0.717, 1.165) is 18.2 Å². The molecule has 2 rings (SSSR count). The van der Waals surface area contributed by atoms with Crippen LogP contribution in [0.4, 0.5) is 0 Å². The Hall–Kier alpha value is -1.04. The van der Waals surface area contributed by atoms with Gasteiger partial charge in [0.15, 0.2) is 0 Å². The van der Waals surface area contributed by atoms with Crippen molar-refractivity contribution in [1.82, 2.24) is 15.3 Å². The molecular formula is C13H21N3O2. The van der Waals surface area contributed by atoms with Crippen LogP contribution in [0.2, 0.25) is 0 Å². The van der Waals surface area contributed by atoms with Crippen molar-refractivity contribution in [3.05, 3.63) is 24.3 Å². The molecule has 1 fully saturated rings. The van der Waals surface area contributed by atoms with Crippen molar-refractivity contribution in [2.45, 2.75) is 31.9 Å². The van der Waals surface area contributed by atoms with Crippen molar-refractivity contribution < 1.29 is 9.84 Å². The summed E-state index contributed by atoms with van der Waals surface area (Å²) in [7, 11) is 0. The highest BCUT2D eigenvalue weighted by Gasteiger charge is 2.21. The lowest BCUT2D eigenvalue weighted by Gasteiger charge is -2.16. The standard InChI is InChI=1S/C13H21N3O2/c1-10(13-7-14-4-5-15-13)16-6-12(17)9-18-8-11-2-3-11/h4-5,7,10-12,16-17H,2-3,6,8-9H2,1H3. The van der Waals surface area contributed by atoms with Gasteiger partial charge in [0, 0.05) is 37.8 Å². The number of aromatic nitrogens is 2. The fourth-order valence-electron chi connectivity index (χ4n) is 1.67. The molecule has 0 aliphatic heterocycles. The molecule has 0 spiro atoms. The molecule has 0 radical (unpaired) electrons. The summed E-state index contributed by atoms with van der Waals surface area (Å²) in [5, 5.41) is 13.0. The number of hydrogen-bond donors (Lipinski definition) is 2. The first-order valence-corrected chi connectivity index (χ1v) is 6.51. The van der Waals surface area contributed by atoms with Crippen LogP contribution in [0.3, 0.4) is 0 Å². The second kappa shape index (κ2) is 6.78. The van der Waals surface area contributed by atoms with E-state index in [2.05, 4.69) is 15.3 Å². The maximum Gasteiger partial charge on any atom is 0.0897 e. The summed E-state index contributed by atoms with van der Waals surface area (Å²) < 4.78 is 5.44. The minimum Gasteiger partial charge on any atom is -0.389 e. The molecule has 1 saturated carbocycles. The molecule has 0 amide bonds. The number of aliphatic hydroxyl groups is 1. The minimum atomic E-state index is -0.470. The van der Waals surface area contributed by atoms with E-state index < -0.39 is 6.10 Å². The highest BCUT2D eigenvalue weighted by Crippen LogP contribution is 2.28. The van der Waals surface area contributed by atoms with E-state index in [1.165, 1.54) is 12.8 Å². The summed E-state index contributed by atoms with van der Waals surface area (Å²) in [6.45, 7) is 3.69. The van der Waals surface area contributed by atoms with Crippen LogP contribution in [0.25, 0.3) is 0 Å². The molecule has 1 aromatic rings. The molecule has 2 unspecified atom stereocenters. The third kappa shape index (κ3) is 4.68. The van der Waals surface area contributed by atoms with E-state index >= 15 is 0 Å². The predicted molar refractivity (Wildman–Crippen MR) is 68.0 cm³/mol. The van der Waals surface area contributed by atoms with E-state index in [0.29, 0.717) is 13.2 Å². The van der Waals surface area contributed by atoms with Gasteiger partial charge >= 0.3 is 0 Å². The lowest BCUT2D eigenvalue weighted by Crippen LogP contribution is -2.32. The van der Waals surface area contributed by atoms with Gasteiger partial charge < -0.3 is 15.2 Å². The van der Waals surface area contributed by atoms with Gasteiger partial charge in [-0.3, -0.25) is 9.97 Å². The first kappa shape index (κ1) is 13.4. The first-order valence-electron chi connectivity index (χ1n) is 6.51. The number of aliphatic hydroxyl groups excluding tert-OH is 1. The lowest BCUT2D eigenvalue weighted by molar-refractivity contribution is 0.0314. The quantitative estimate of drug-likeness (QED) is 0.719. The predicted octanol–water partition coefficient (Wildman–Crippen LogP) is 0.915. The van der Waals surface area contributed by atoms with Gasteiger partial charge in [0.1, 0.15) is 0 Å². The van der Waals surface area contributed by atoms with Crippen LogP contribution >= 0.6 is 0 Å². The molecule has 2 N–H and O–H groups in total. The molecule has 0 bridgehead atoms. The maximum atomic E-state index is 9.75. The fourth-order valence-corrected chi connectivity index (χ4v) is 1.67. The zero-order valence-corrected chi connectivity index (χ0v) is 10.7. The SMILES string of the molecule is CC(NCC(O)COCC1CC1)c1cnccn1. The highest BCUT2D eigenvalue weighted by molar-refractivity contribution is 5.00. The van der Waals surface area contributed by atoms with E-state index in [4.69, 9.17) is 4.74 Å². The van der Waals surface area contributed by atoms with Gasteiger partial charge in [-0.15, -0.1) is 0 Å². The highest BCUT2D eigenvalue weighted by atomic mass is 16.5. The van der Waals surface area contributed by atoms with Crippen molar-refractivity contribution in [1.29, 1.82) is 0 Å². The van der Waals surface area contributed by atoms with Gasteiger partial charge in [0.05, 0.1) is 18.4 Å². The average Bonchev–Trinajstić information content (AvgIpc) is 3.21. The van der Waals surface area contributed by atoms with Crippen LogP contribution in [-0.4, -0.2) is 40.9 Å². The van der Waals surface area contributed by atoms with Crippen molar-refractivity contribution in [3.63, 3.8) is 0 Å². The van der Waals surface area contributed by atoms with Gasteiger partial charge in [0.2, 0.25) is 0 Å². The molecule has 1 aliphatic carbocycles. The smallest absolute Gasteiger partial charge is 0.0897 e. The van der Waals surface area contributed by atoms with Crippen molar-refractivity contribution in [2.75, 3.05) is 19.8 Å². The monoisotopic (exact) mass is 251 g/mol. The van der Waals surface area contributed by atoms with Crippen LogP contribution in [-0.2, 0) is 4.74 Å². The normalized spacial score (nSPS) is 18.6. The van der Waals surface area contributed by atoms with Crippen molar-refractivity contribution in [3.8, 4) is 0 Å². The van der Waals surface area contributed by atoms with Crippen LogP contribution < -0.4 is 5.32 Å². The summed E-state index contributed by atoms with van der Waals surface area (Å²) in [5.41, 5.74) is 0.878. The molecule has 100 valence electrons. The number of nitrogens with zero attached hydrogens (tertiary/aromatic N) is 2. The molecule has 0 aromatic carbocycles. The zero-order valence-electron chi connectivity index (χ0n) is 10.7. The van der Waals surface area contributed by atoms with E-state index in [9.17, 15) is 5.11 Å². The molecule has 1 aromatic heterocycles. The summed E-state index contributed by atoms with van der Waals surface area (Å²) in [4.78, 5) is 8.23. The Morgan fingerprint density at radius 2 is 2.33 bits per heavy atom. The third-order valence-electron chi connectivity index (χ3n) is 3.05. The summed E-state index contributed by atoms with van der Waals surface area (Å²) in [5.74, 6) is 0.740. The zero-order chi connectivity index (χ0) is 12.8. The van der Waals surface area contributed by atoms with Crippen LogP contribution in [0.1, 0.15) is 31.5 Å². The lowest BCUT2D eigenvalue weighted by atomic mass is 10.2. The molecular weight excluding hydrogens is 230 g/mol. The van der Waals surface area contributed by atoms with Crippen molar-refractivity contribution >= 4 is 0 Å². The molecule has 5 nitrogen and oxygen atoms in total. The van der Waals surface area contributed by atoms with E-state index in [-0.39, 0.29) is 6.04 Å². The van der Waals surface area contributed by atoms with Gasteiger partial charge in [-0.2, -0.15) is 0 Å². The number of hydrogen-bond acceptors (Lipinski definition) is 5. The van der Waals surface area contributed by atoms with Gasteiger partial charge in [-0.05, 0) is 25.7 Å². The molecule has 5 heteroatoms. The Morgan fingerprint density at radius 3 is 3.00 bits per heavy atom. The Kier molecular flexibility index (Phi) is 5.04. The number of rotatable bonds is 8. The fraction of sp³-hybridized carbons (Fsp3) is 0.692. The second-order valence-corrected chi connectivity index (χ2v) is 4.89. The van der Waals surface area contributed by atoms with Crippen LogP contribution in [0.5, 0.6) is 0 Å².